The molecule has 2 aromatic heterocycles. The Bertz CT molecular complexity index is 918. The maximum atomic E-state index is 12.9. The average molecular weight is 358 g/mol. The van der Waals surface area contributed by atoms with E-state index in [0.717, 1.165) is 29.9 Å². The van der Waals surface area contributed by atoms with Crippen molar-refractivity contribution in [3.05, 3.63) is 58.6 Å². The molecule has 0 bridgehead atoms. The summed E-state index contributed by atoms with van der Waals surface area (Å²) >= 11 is 6.00. The molecular formula is C18H16ClN3O3. The number of rotatable bonds is 3. The van der Waals surface area contributed by atoms with Crippen LogP contribution in [-0.2, 0) is 0 Å². The molecule has 1 atom stereocenters. The van der Waals surface area contributed by atoms with Crippen molar-refractivity contribution in [3.8, 4) is 11.3 Å². The summed E-state index contributed by atoms with van der Waals surface area (Å²) in [6, 6.07) is 10.7. The summed E-state index contributed by atoms with van der Waals surface area (Å²) in [4.78, 5) is 14.6. The number of hydrogen-bond acceptors (Lipinski definition) is 5. The number of amides is 1. The third-order valence-electron chi connectivity index (χ3n) is 4.34. The summed E-state index contributed by atoms with van der Waals surface area (Å²) in [7, 11) is 0. The minimum absolute atomic E-state index is 0.0868. The predicted octanol–water partition coefficient (Wildman–Crippen LogP) is 4.27. The molecule has 3 aromatic rings. The van der Waals surface area contributed by atoms with Crippen LogP contribution in [0.25, 0.3) is 11.3 Å². The van der Waals surface area contributed by atoms with Gasteiger partial charge in [-0.15, -0.1) is 0 Å². The van der Waals surface area contributed by atoms with E-state index in [0.29, 0.717) is 17.3 Å². The Hall–Kier alpha value is -2.60. The van der Waals surface area contributed by atoms with Crippen molar-refractivity contribution in [3.63, 3.8) is 0 Å². The minimum atomic E-state index is -0.166. The smallest absolute Gasteiger partial charge is 0.276 e. The maximum Gasteiger partial charge on any atom is 0.276 e. The van der Waals surface area contributed by atoms with E-state index < -0.39 is 0 Å². The van der Waals surface area contributed by atoms with Crippen molar-refractivity contribution in [2.24, 2.45) is 0 Å². The first-order valence-electron chi connectivity index (χ1n) is 8.08. The van der Waals surface area contributed by atoms with Gasteiger partial charge >= 0.3 is 0 Å². The summed E-state index contributed by atoms with van der Waals surface area (Å²) in [5, 5.41) is 8.61. The topological polar surface area (TPSA) is 72.4 Å². The van der Waals surface area contributed by atoms with E-state index >= 15 is 0 Å². The highest BCUT2D eigenvalue weighted by atomic mass is 35.5. The Labute approximate surface area is 149 Å². The van der Waals surface area contributed by atoms with Gasteiger partial charge in [0.2, 0.25) is 0 Å². The Morgan fingerprint density at radius 2 is 2.12 bits per heavy atom. The minimum Gasteiger partial charge on any atom is -0.361 e. The van der Waals surface area contributed by atoms with Gasteiger partial charge in [-0.25, -0.2) is 0 Å². The summed E-state index contributed by atoms with van der Waals surface area (Å²) in [5.41, 5.74) is 1.84. The molecule has 0 N–H and O–H groups in total. The van der Waals surface area contributed by atoms with Gasteiger partial charge in [0.1, 0.15) is 11.5 Å². The zero-order valence-corrected chi connectivity index (χ0v) is 14.4. The second kappa shape index (κ2) is 6.37. The first-order chi connectivity index (χ1) is 12.1. The lowest BCUT2D eigenvalue weighted by Crippen LogP contribution is -2.30. The molecule has 0 radical (unpaired) electrons. The second-order valence-electron chi connectivity index (χ2n) is 6.11. The van der Waals surface area contributed by atoms with Gasteiger partial charge in [0.15, 0.2) is 11.5 Å². The number of carbonyl (C=O) groups excluding carboxylic acids is 1. The molecule has 4 rings (SSSR count). The molecule has 0 aliphatic carbocycles. The van der Waals surface area contributed by atoms with Crippen molar-refractivity contribution in [2.45, 2.75) is 25.8 Å². The highest BCUT2D eigenvalue weighted by Gasteiger charge is 2.34. The number of benzene rings is 1. The molecule has 1 saturated heterocycles. The van der Waals surface area contributed by atoms with Crippen LogP contribution in [0.3, 0.4) is 0 Å². The molecule has 1 aliphatic heterocycles. The summed E-state index contributed by atoms with van der Waals surface area (Å²) in [6.07, 6.45) is 1.78. The second-order valence-corrected chi connectivity index (χ2v) is 6.54. The predicted molar refractivity (Wildman–Crippen MR) is 91.2 cm³/mol. The summed E-state index contributed by atoms with van der Waals surface area (Å²) < 4.78 is 10.5. The number of hydrogen-bond donors (Lipinski definition) is 0. The highest BCUT2D eigenvalue weighted by molar-refractivity contribution is 6.30. The lowest BCUT2D eigenvalue weighted by molar-refractivity contribution is 0.0720. The van der Waals surface area contributed by atoms with Crippen LogP contribution in [0.1, 0.15) is 40.8 Å². The first kappa shape index (κ1) is 15.9. The van der Waals surface area contributed by atoms with Crippen molar-refractivity contribution >= 4 is 17.5 Å². The fourth-order valence-electron chi connectivity index (χ4n) is 3.16. The van der Waals surface area contributed by atoms with E-state index in [1.54, 1.807) is 23.1 Å². The van der Waals surface area contributed by atoms with Crippen LogP contribution in [0.4, 0.5) is 0 Å². The SMILES string of the molecule is Cc1cc([C@@H]2CCCN2C(=O)c2cc(-c3cccc(Cl)c3)on2)no1. The Kier molecular flexibility index (Phi) is 4.05. The zero-order valence-electron chi connectivity index (χ0n) is 13.6. The van der Waals surface area contributed by atoms with Crippen LogP contribution in [0, 0.1) is 6.92 Å². The van der Waals surface area contributed by atoms with Crippen molar-refractivity contribution < 1.29 is 13.8 Å². The number of halogens is 1. The zero-order chi connectivity index (χ0) is 17.4. The molecule has 25 heavy (non-hydrogen) atoms. The molecule has 1 amide bonds. The van der Waals surface area contributed by atoms with Gasteiger partial charge in [-0.2, -0.15) is 0 Å². The van der Waals surface area contributed by atoms with Gasteiger partial charge in [-0.3, -0.25) is 4.79 Å². The van der Waals surface area contributed by atoms with Gasteiger partial charge in [0, 0.05) is 29.3 Å². The maximum absolute atomic E-state index is 12.9. The lowest BCUT2D eigenvalue weighted by atomic mass is 10.1. The fraction of sp³-hybridized carbons (Fsp3) is 0.278. The molecule has 6 nitrogen and oxygen atoms in total. The van der Waals surface area contributed by atoms with Gasteiger partial charge in [-0.05, 0) is 31.9 Å². The van der Waals surface area contributed by atoms with E-state index in [-0.39, 0.29) is 17.6 Å². The molecular weight excluding hydrogens is 342 g/mol. The summed E-state index contributed by atoms with van der Waals surface area (Å²) in [6.45, 7) is 2.50. The van der Waals surface area contributed by atoms with E-state index in [1.165, 1.54) is 0 Å². The summed E-state index contributed by atoms with van der Waals surface area (Å²) in [5.74, 6) is 1.08. The van der Waals surface area contributed by atoms with Crippen LogP contribution in [-0.4, -0.2) is 27.7 Å². The van der Waals surface area contributed by atoms with Crippen molar-refractivity contribution in [1.82, 2.24) is 15.2 Å². The molecule has 0 spiro atoms. The van der Waals surface area contributed by atoms with E-state index in [4.69, 9.17) is 20.6 Å². The van der Waals surface area contributed by atoms with Gasteiger partial charge in [0.25, 0.3) is 5.91 Å². The third-order valence-corrected chi connectivity index (χ3v) is 4.57. The van der Waals surface area contributed by atoms with E-state index in [1.807, 2.05) is 25.1 Å². The normalized spacial score (nSPS) is 17.2. The highest BCUT2D eigenvalue weighted by Crippen LogP contribution is 2.33. The number of aromatic nitrogens is 2. The van der Waals surface area contributed by atoms with Gasteiger partial charge < -0.3 is 13.9 Å². The standard InChI is InChI=1S/C18H16ClN3O3/c1-11-8-14(20-24-11)16-6-3-7-22(16)18(23)15-10-17(25-21-15)12-4-2-5-13(19)9-12/h2,4-5,8-10,16H,3,6-7H2,1H3/t16-/m0/s1. The van der Waals surface area contributed by atoms with Crippen molar-refractivity contribution in [1.29, 1.82) is 0 Å². The third kappa shape index (κ3) is 3.05. The van der Waals surface area contributed by atoms with Crippen LogP contribution in [0.15, 0.2) is 45.4 Å². The number of carbonyl (C=O) groups is 1. The van der Waals surface area contributed by atoms with Crippen LogP contribution in [0.5, 0.6) is 0 Å². The van der Waals surface area contributed by atoms with Gasteiger partial charge in [0.05, 0.1) is 6.04 Å². The number of likely N-dealkylation sites (tertiary alicyclic amines) is 1. The van der Waals surface area contributed by atoms with Crippen LogP contribution in [0.2, 0.25) is 5.02 Å². The number of nitrogens with zero attached hydrogens (tertiary/aromatic N) is 3. The monoisotopic (exact) mass is 357 g/mol. The Morgan fingerprint density at radius 3 is 2.88 bits per heavy atom. The van der Waals surface area contributed by atoms with E-state index in [9.17, 15) is 4.79 Å². The fourth-order valence-corrected chi connectivity index (χ4v) is 3.35. The quantitative estimate of drug-likeness (QED) is 0.700. The molecule has 128 valence electrons. The largest absolute Gasteiger partial charge is 0.361 e. The Morgan fingerprint density at radius 1 is 1.24 bits per heavy atom. The molecule has 1 aliphatic rings. The van der Waals surface area contributed by atoms with Crippen molar-refractivity contribution in [2.75, 3.05) is 6.54 Å². The lowest BCUT2D eigenvalue weighted by Gasteiger charge is -2.21. The molecule has 7 heteroatoms. The molecule has 1 fully saturated rings. The van der Waals surface area contributed by atoms with Gasteiger partial charge in [-0.1, -0.05) is 34.0 Å². The van der Waals surface area contributed by atoms with Crippen LogP contribution >= 0.6 is 11.6 Å². The van der Waals surface area contributed by atoms with E-state index in [2.05, 4.69) is 10.3 Å². The Balaban J connectivity index is 1.58. The molecule has 0 saturated carbocycles. The first-order valence-corrected chi connectivity index (χ1v) is 8.46. The van der Waals surface area contributed by atoms with Crippen LogP contribution < -0.4 is 0 Å². The average Bonchev–Trinajstić information content (AvgIpc) is 3.34. The molecule has 3 heterocycles. The molecule has 0 unspecified atom stereocenters. The molecule has 1 aromatic carbocycles. The number of aryl methyl sites for hydroxylation is 1.